The number of carbonyl (C=O) groups is 3. The molecule has 0 fully saturated rings. The first kappa shape index (κ1) is 22.9. The number of hydrogen-bond acceptors (Lipinski definition) is 6. The molecule has 0 saturated heterocycles. The van der Waals surface area contributed by atoms with Crippen molar-refractivity contribution >= 4 is 29.7 Å². The summed E-state index contributed by atoms with van der Waals surface area (Å²) >= 11 is 0. The summed E-state index contributed by atoms with van der Waals surface area (Å²) in [5.74, 6) is -2.15. The standard InChI is InChI=1S/C25H20N4O4/c1-17-6-10-19(11-7-17)25(32)33-22-5-3-2-4-20(22)16-27-29-24(31)23(30)28-21-12-8-18(9-13-21)14-15-26/h2-13,16H,14H2,1H3,(H,28,30)(H,29,31). The van der Waals surface area contributed by atoms with Gasteiger partial charge >= 0.3 is 17.8 Å². The van der Waals surface area contributed by atoms with E-state index < -0.39 is 17.8 Å². The molecule has 0 atom stereocenters. The summed E-state index contributed by atoms with van der Waals surface area (Å²) in [5.41, 5.74) is 5.21. The molecular weight excluding hydrogens is 420 g/mol. The lowest BCUT2D eigenvalue weighted by Gasteiger charge is -2.07. The summed E-state index contributed by atoms with van der Waals surface area (Å²) in [6, 6.07) is 22.2. The highest BCUT2D eigenvalue weighted by atomic mass is 16.5. The van der Waals surface area contributed by atoms with Gasteiger partial charge in [0.2, 0.25) is 0 Å². The van der Waals surface area contributed by atoms with Crippen LogP contribution in [0.25, 0.3) is 0 Å². The third-order valence-corrected chi connectivity index (χ3v) is 4.48. The van der Waals surface area contributed by atoms with Gasteiger partial charge in [0.1, 0.15) is 5.75 Å². The molecule has 0 aromatic heterocycles. The fraction of sp³-hybridized carbons (Fsp3) is 0.0800. The predicted octanol–water partition coefficient (Wildman–Crippen LogP) is 3.37. The van der Waals surface area contributed by atoms with Crippen LogP contribution >= 0.6 is 0 Å². The average molecular weight is 440 g/mol. The van der Waals surface area contributed by atoms with Crippen LogP contribution in [0.1, 0.15) is 27.0 Å². The molecule has 0 aliphatic rings. The molecule has 0 aliphatic carbocycles. The molecule has 0 heterocycles. The first-order chi connectivity index (χ1) is 16.0. The summed E-state index contributed by atoms with van der Waals surface area (Å²) in [6.07, 6.45) is 1.53. The predicted molar refractivity (Wildman–Crippen MR) is 123 cm³/mol. The summed E-state index contributed by atoms with van der Waals surface area (Å²) < 4.78 is 5.44. The minimum atomic E-state index is -0.971. The molecule has 3 aromatic rings. The van der Waals surface area contributed by atoms with Gasteiger partial charge in [-0.1, -0.05) is 42.0 Å². The second-order valence-electron chi connectivity index (χ2n) is 6.98. The first-order valence-electron chi connectivity index (χ1n) is 9.94. The van der Waals surface area contributed by atoms with Gasteiger partial charge in [-0.3, -0.25) is 9.59 Å². The fourth-order valence-corrected chi connectivity index (χ4v) is 2.72. The number of para-hydroxylation sites is 1. The van der Waals surface area contributed by atoms with Crippen molar-refractivity contribution in [3.05, 3.63) is 95.1 Å². The third-order valence-electron chi connectivity index (χ3n) is 4.48. The van der Waals surface area contributed by atoms with Crippen LogP contribution in [0, 0.1) is 18.3 Å². The summed E-state index contributed by atoms with van der Waals surface area (Å²) in [7, 11) is 0. The molecule has 0 unspecified atom stereocenters. The molecular formula is C25H20N4O4. The molecule has 8 nitrogen and oxygen atoms in total. The van der Waals surface area contributed by atoms with E-state index in [0.717, 1.165) is 11.1 Å². The van der Waals surface area contributed by atoms with E-state index in [1.807, 2.05) is 25.1 Å². The molecule has 0 spiro atoms. The topological polar surface area (TPSA) is 121 Å². The molecule has 164 valence electrons. The number of benzene rings is 3. The molecule has 3 rings (SSSR count). The highest BCUT2D eigenvalue weighted by Gasteiger charge is 2.14. The number of anilines is 1. The zero-order valence-electron chi connectivity index (χ0n) is 17.7. The highest BCUT2D eigenvalue weighted by molar-refractivity contribution is 6.39. The Morgan fingerprint density at radius 1 is 0.970 bits per heavy atom. The van der Waals surface area contributed by atoms with Crippen LogP contribution in [0.15, 0.2) is 77.9 Å². The summed E-state index contributed by atoms with van der Waals surface area (Å²) in [5, 5.41) is 14.9. The lowest BCUT2D eigenvalue weighted by molar-refractivity contribution is -0.136. The number of aryl methyl sites for hydroxylation is 1. The van der Waals surface area contributed by atoms with Crippen LogP contribution in [0.4, 0.5) is 5.69 Å². The zero-order valence-corrected chi connectivity index (χ0v) is 17.7. The van der Waals surface area contributed by atoms with Crippen molar-refractivity contribution in [3.8, 4) is 11.8 Å². The number of amides is 2. The zero-order chi connectivity index (χ0) is 23.6. The van der Waals surface area contributed by atoms with Gasteiger partial charge < -0.3 is 10.1 Å². The number of hydrogen-bond donors (Lipinski definition) is 2. The number of ether oxygens (including phenoxy) is 1. The molecule has 0 saturated carbocycles. The molecule has 33 heavy (non-hydrogen) atoms. The van der Waals surface area contributed by atoms with Crippen LogP contribution < -0.4 is 15.5 Å². The van der Waals surface area contributed by atoms with Gasteiger partial charge in [-0.05, 0) is 48.9 Å². The number of nitriles is 1. The minimum Gasteiger partial charge on any atom is -0.422 e. The number of nitrogens with zero attached hydrogens (tertiary/aromatic N) is 2. The van der Waals surface area contributed by atoms with Crippen LogP contribution in [0.5, 0.6) is 5.75 Å². The lowest BCUT2D eigenvalue weighted by atomic mass is 10.1. The van der Waals surface area contributed by atoms with E-state index in [2.05, 4.69) is 15.8 Å². The molecule has 0 aliphatic heterocycles. The maximum absolute atomic E-state index is 12.4. The van der Waals surface area contributed by atoms with Crippen LogP contribution in [-0.4, -0.2) is 24.0 Å². The van der Waals surface area contributed by atoms with E-state index in [1.54, 1.807) is 60.7 Å². The van der Waals surface area contributed by atoms with Crippen molar-refractivity contribution in [1.29, 1.82) is 5.26 Å². The van der Waals surface area contributed by atoms with Crippen molar-refractivity contribution in [2.24, 2.45) is 5.10 Å². The monoisotopic (exact) mass is 440 g/mol. The smallest absolute Gasteiger partial charge is 0.343 e. The average Bonchev–Trinajstić information content (AvgIpc) is 2.82. The molecule has 0 bridgehead atoms. The van der Waals surface area contributed by atoms with Gasteiger partial charge in [0, 0.05) is 11.3 Å². The van der Waals surface area contributed by atoms with Crippen LogP contribution in [0.2, 0.25) is 0 Å². The molecule has 2 N–H and O–H groups in total. The maximum atomic E-state index is 12.4. The number of rotatable bonds is 6. The van der Waals surface area contributed by atoms with Crippen LogP contribution in [-0.2, 0) is 16.0 Å². The maximum Gasteiger partial charge on any atom is 0.343 e. The number of nitrogens with one attached hydrogen (secondary N) is 2. The number of hydrazone groups is 1. The first-order valence-corrected chi connectivity index (χ1v) is 9.94. The molecule has 8 heteroatoms. The quantitative estimate of drug-likeness (QED) is 0.200. The largest absolute Gasteiger partial charge is 0.422 e. The van der Waals surface area contributed by atoms with E-state index in [0.29, 0.717) is 16.8 Å². The summed E-state index contributed by atoms with van der Waals surface area (Å²) in [4.78, 5) is 36.4. The Bertz CT molecular complexity index is 1230. The Labute approximate surface area is 190 Å². The minimum absolute atomic E-state index is 0.253. The Morgan fingerprint density at radius 3 is 2.36 bits per heavy atom. The van der Waals surface area contributed by atoms with Crippen molar-refractivity contribution < 1.29 is 19.1 Å². The van der Waals surface area contributed by atoms with Gasteiger partial charge in [-0.2, -0.15) is 10.4 Å². The fourth-order valence-electron chi connectivity index (χ4n) is 2.72. The van der Waals surface area contributed by atoms with E-state index in [-0.39, 0.29) is 12.2 Å². The highest BCUT2D eigenvalue weighted by Crippen LogP contribution is 2.18. The van der Waals surface area contributed by atoms with Crippen molar-refractivity contribution in [1.82, 2.24) is 5.43 Å². The third kappa shape index (κ3) is 6.60. The van der Waals surface area contributed by atoms with Gasteiger partial charge in [0.25, 0.3) is 0 Å². The van der Waals surface area contributed by atoms with E-state index in [4.69, 9.17) is 10.00 Å². The molecule has 3 aromatic carbocycles. The van der Waals surface area contributed by atoms with E-state index in [9.17, 15) is 14.4 Å². The second kappa shape index (κ2) is 11.0. The number of carbonyl (C=O) groups excluding carboxylic acids is 3. The Balaban J connectivity index is 1.59. The second-order valence-corrected chi connectivity index (χ2v) is 6.98. The Morgan fingerprint density at radius 2 is 1.67 bits per heavy atom. The van der Waals surface area contributed by atoms with E-state index >= 15 is 0 Å². The normalized spacial score (nSPS) is 10.3. The van der Waals surface area contributed by atoms with Crippen molar-refractivity contribution in [2.75, 3.05) is 5.32 Å². The van der Waals surface area contributed by atoms with Crippen LogP contribution in [0.3, 0.4) is 0 Å². The van der Waals surface area contributed by atoms with Gasteiger partial charge in [0.05, 0.1) is 24.3 Å². The van der Waals surface area contributed by atoms with Gasteiger partial charge in [-0.15, -0.1) is 0 Å². The Kier molecular flexibility index (Phi) is 7.65. The number of esters is 1. The van der Waals surface area contributed by atoms with Crippen molar-refractivity contribution in [3.63, 3.8) is 0 Å². The van der Waals surface area contributed by atoms with Gasteiger partial charge in [-0.25, -0.2) is 10.2 Å². The lowest BCUT2D eigenvalue weighted by Crippen LogP contribution is -2.32. The van der Waals surface area contributed by atoms with Crippen molar-refractivity contribution in [2.45, 2.75) is 13.3 Å². The van der Waals surface area contributed by atoms with Gasteiger partial charge in [0.15, 0.2) is 0 Å². The van der Waals surface area contributed by atoms with E-state index in [1.165, 1.54) is 6.21 Å². The Hall–Kier alpha value is -4.77. The summed E-state index contributed by atoms with van der Waals surface area (Å²) in [6.45, 7) is 1.92. The molecule has 2 amide bonds. The SMILES string of the molecule is Cc1ccc(C(=O)Oc2ccccc2C=NNC(=O)C(=O)Nc2ccc(CC#N)cc2)cc1. The molecule has 0 radical (unpaired) electrons.